The summed E-state index contributed by atoms with van der Waals surface area (Å²) in [5.41, 5.74) is 0.654. The Balaban J connectivity index is 2.67. The normalized spacial score (nSPS) is 12.8. The Morgan fingerprint density at radius 3 is 2.19 bits per heavy atom. The lowest BCUT2D eigenvalue weighted by Gasteiger charge is -2.17. The van der Waals surface area contributed by atoms with Gasteiger partial charge in [0.25, 0.3) is 10.2 Å². The minimum atomic E-state index is -3.62. The average Bonchev–Trinajstić information content (AvgIpc) is 2.42. The predicted octanol–water partition coefficient (Wildman–Crippen LogP) is -0.261. The molecule has 0 aliphatic rings. The Morgan fingerprint density at radius 1 is 1.14 bits per heavy atom. The standard InChI is InChI=1S/C12H20N2O5S2/c1-14(8-3-9-15)21(18,19)13-10-11-4-6-12(7-5-11)20(2,16)17/h4-7,13,15H,3,8-10H2,1-2H3. The zero-order valence-corrected chi connectivity index (χ0v) is 13.6. The molecule has 0 spiro atoms. The summed E-state index contributed by atoms with van der Waals surface area (Å²) in [6.07, 6.45) is 1.47. The molecule has 0 unspecified atom stereocenters. The number of nitrogens with zero attached hydrogens (tertiary/aromatic N) is 1. The van der Waals surface area contributed by atoms with Crippen LogP contribution in [0, 0.1) is 0 Å². The Morgan fingerprint density at radius 2 is 1.71 bits per heavy atom. The Kier molecular flexibility index (Phi) is 6.29. The van der Waals surface area contributed by atoms with Crippen molar-refractivity contribution < 1.29 is 21.9 Å². The average molecular weight is 336 g/mol. The molecule has 0 aliphatic carbocycles. The summed E-state index contributed by atoms with van der Waals surface area (Å²) in [4.78, 5) is 0.189. The quantitative estimate of drug-likeness (QED) is 0.681. The van der Waals surface area contributed by atoms with E-state index in [4.69, 9.17) is 5.11 Å². The molecule has 1 aromatic rings. The summed E-state index contributed by atoms with van der Waals surface area (Å²) in [7, 11) is -5.45. The first kappa shape index (κ1) is 18.1. The largest absolute Gasteiger partial charge is 0.396 e. The Hall–Kier alpha value is -1.00. The molecule has 0 amide bonds. The van der Waals surface area contributed by atoms with Crippen molar-refractivity contribution in [1.82, 2.24) is 9.03 Å². The van der Waals surface area contributed by atoms with Gasteiger partial charge >= 0.3 is 0 Å². The van der Waals surface area contributed by atoms with Gasteiger partial charge in [0.15, 0.2) is 9.84 Å². The van der Waals surface area contributed by atoms with Crippen LogP contribution < -0.4 is 4.72 Å². The van der Waals surface area contributed by atoms with Gasteiger partial charge in [-0.05, 0) is 24.1 Å². The third-order valence-electron chi connectivity index (χ3n) is 2.85. The molecule has 0 aliphatic heterocycles. The van der Waals surface area contributed by atoms with Crippen molar-refractivity contribution in [3.63, 3.8) is 0 Å². The number of sulfone groups is 1. The van der Waals surface area contributed by atoms with Gasteiger partial charge in [0.1, 0.15) is 0 Å². The molecular formula is C12H20N2O5S2. The molecule has 0 atom stereocenters. The third-order valence-corrected chi connectivity index (χ3v) is 5.49. The molecule has 120 valence electrons. The molecule has 0 aromatic heterocycles. The minimum Gasteiger partial charge on any atom is -0.396 e. The number of aliphatic hydroxyl groups excluding tert-OH is 1. The number of aliphatic hydroxyl groups is 1. The lowest BCUT2D eigenvalue weighted by atomic mass is 10.2. The zero-order valence-electron chi connectivity index (χ0n) is 12.0. The van der Waals surface area contributed by atoms with Crippen LogP contribution in [0.15, 0.2) is 29.2 Å². The molecule has 7 nitrogen and oxygen atoms in total. The summed E-state index contributed by atoms with van der Waals surface area (Å²) in [6.45, 7) is 0.210. The topological polar surface area (TPSA) is 104 Å². The third kappa shape index (κ3) is 5.71. The fraction of sp³-hybridized carbons (Fsp3) is 0.500. The van der Waals surface area contributed by atoms with Crippen LogP contribution in [0.1, 0.15) is 12.0 Å². The second-order valence-electron chi connectivity index (χ2n) is 4.64. The molecule has 0 fully saturated rings. The van der Waals surface area contributed by atoms with Crippen molar-refractivity contribution in [2.75, 3.05) is 26.5 Å². The van der Waals surface area contributed by atoms with E-state index in [1.54, 1.807) is 12.1 Å². The van der Waals surface area contributed by atoms with E-state index in [9.17, 15) is 16.8 Å². The molecule has 0 bridgehead atoms. The Bertz CT molecular complexity index is 653. The fourth-order valence-electron chi connectivity index (χ4n) is 1.55. The second kappa shape index (κ2) is 7.32. The van der Waals surface area contributed by atoms with Gasteiger partial charge in [-0.1, -0.05) is 12.1 Å². The van der Waals surface area contributed by atoms with E-state index < -0.39 is 20.0 Å². The van der Waals surface area contributed by atoms with Gasteiger partial charge in [0.05, 0.1) is 4.90 Å². The highest BCUT2D eigenvalue weighted by Crippen LogP contribution is 2.10. The van der Waals surface area contributed by atoms with Crippen LogP contribution >= 0.6 is 0 Å². The van der Waals surface area contributed by atoms with Gasteiger partial charge in [-0.15, -0.1) is 0 Å². The van der Waals surface area contributed by atoms with Crippen LogP contribution in [0.5, 0.6) is 0 Å². The number of nitrogens with one attached hydrogen (secondary N) is 1. The van der Waals surface area contributed by atoms with Crippen molar-refractivity contribution in [1.29, 1.82) is 0 Å². The molecule has 0 radical (unpaired) electrons. The minimum absolute atomic E-state index is 0.0653. The maximum atomic E-state index is 11.9. The highest BCUT2D eigenvalue weighted by molar-refractivity contribution is 7.90. The molecule has 21 heavy (non-hydrogen) atoms. The van der Waals surface area contributed by atoms with E-state index in [0.717, 1.165) is 10.6 Å². The molecule has 0 heterocycles. The Labute approximate surface area is 125 Å². The molecule has 2 N–H and O–H groups in total. The monoisotopic (exact) mass is 336 g/mol. The number of hydrogen-bond donors (Lipinski definition) is 2. The summed E-state index contributed by atoms with van der Waals surface area (Å²) < 4.78 is 49.9. The van der Waals surface area contributed by atoms with Gasteiger partial charge in [-0.25, -0.2) is 8.42 Å². The van der Waals surface area contributed by atoms with E-state index in [1.165, 1.54) is 19.2 Å². The second-order valence-corrected chi connectivity index (χ2v) is 8.52. The zero-order chi connectivity index (χ0) is 16.1. The first-order chi connectivity index (χ1) is 9.66. The fourth-order valence-corrected chi connectivity index (χ4v) is 3.12. The van der Waals surface area contributed by atoms with E-state index in [0.29, 0.717) is 12.0 Å². The van der Waals surface area contributed by atoms with Crippen LogP contribution in [0.4, 0.5) is 0 Å². The number of rotatable bonds is 8. The van der Waals surface area contributed by atoms with Crippen LogP contribution in [0.25, 0.3) is 0 Å². The maximum Gasteiger partial charge on any atom is 0.279 e. The van der Waals surface area contributed by atoms with Crippen molar-refractivity contribution in [3.05, 3.63) is 29.8 Å². The summed E-state index contributed by atoms with van der Waals surface area (Å²) in [5, 5.41) is 8.69. The molecule has 1 aromatic carbocycles. The summed E-state index contributed by atoms with van der Waals surface area (Å²) in [6, 6.07) is 6.00. The van der Waals surface area contributed by atoms with Crippen LogP contribution in [0.3, 0.4) is 0 Å². The smallest absolute Gasteiger partial charge is 0.279 e. The van der Waals surface area contributed by atoms with E-state index in [-0.39, 0.29) is 24.6 Å². The van der Waals surface area contributed by atoms with E-state index in [2.05, 4.69) is 4.72 Å². The van der Waals surface area contributed by atoms with Gasteiger partial charge in [-0.3, -0.25) is 0 Å². The molecular weight excluding hydrogens is 316 g/mol. The van der Waals surface area contributed by atoms with Crippen molar-refractivity contribution in [3.8, 4) is 0 Å². The first-order valence-corrected chi connectivity index (χ1v) is 9.61. The first-order valence-electron chi connectivity index (χ1n) is 6.27. The summed E-state index contributed by atoms with van der Waals surface area (Å²) >= 11 is 0. The van der Waals surface area contributed by atoms with Crippen molar-refractivity contribution >= 4 is 20.0 Å². The van der Waals surface area contributed by atoms with Gasteiger partial charge in [0, 0.05) is 33.0 Å². The molecule has 0 saturated carbocycles. The van der Waals surface area contributed by atoms with E-state index >= 15 is 0 Å². The highest BCUT2D eigenvalue weighted by Gasteiger charge is 2.16. The number of benzene rings is 1. The SMILES string of the molecule is CN(CCCO)S(=O)(=O)NCc1ccc(S(C)(=O)=O)cc1. The van der Waals surface area contributed by atoms with Crippen LogP contribution in [-0.4, -0.2) is 52.7 Å². The number of hydrogen-bond acceptors (Lipinski definition) is 5. The lowest BCUT2D eigenvalue weighted by Crippen LogP contribution is -2.38. The molecule has 0 saturated heterocycles. The van der Waals surface area contributed by atoms with Crippen molar-refractivity contribution in [2.24, 2.45) is 0 Å². The van der Waals surface area contributed by atoms with Crippen molar-refractivity contribution in [2.45, 2.75) is 17.9 Å². The lowest BCUT2D eigenvalue weighted by molar-refractivity contribution is 0.275. The summed E-state index contributed by atoms with van der Waals surface area (Å²) in [5.74, 6) is 0. The van der Waals surface area contributed by atoms with E-state index in [1.807, 2.05) is 0 Å². The van der Waals surface area contributed by atoms with Gasteiger partial charge < -0.3 is 5.11 Å². The van der Waals surface area contributed by atoms with Crippen LogP contribution in [-0.2, 0) is 26.6 Å². The predicted molar refractivity (Wildman–Crippen MR) is 79.6 cm³/mol. The van der Waals surface area contributed by atoms with Gasteiger partial charge in [0.2, 0.25) is 0 Å². The van der Waals surface area contributed by atoms with Gasteiger partial charge in [-0.2, -0.15) is 17.4 Å². The van der Waals surface area contributed by atoms with Crippen LogP contribution in [0.2, 0.25) is 0 Å². The maximum absolute atomic E-state index is 11.9. The molecule has 1 rings (SSSR count). The highest BCUT2D eigenvalue weighted by atomic mass is 32.2. The molecule has 9 heteroatoms.